The van der Waals surface area contributed by atoms with E-state index in [9.17, 15) is 13.2 Å². The van der Waals surface area contributed by atoms with Gasteiger partial charge in [-0.3, -0.25) is 9.52 Å². The summed E-state index contributed by atoms with van der Waals surface area (Å²) in [4.78, 5) is 11.7. The number of benzene rings is 2. The number of halogens is 1. The number of hydrogen-bond donors (Lipinski definition) is 1. The summed E-state index contributed by atoms with van der Waals surface area (Å²) in [5, 5.41) is 0. The van der Waals surface area contributed by atoms with E-state index in [4.69, 9.17) is 0 Å². The Kier molecular flexibility index (Phi) is 4.49. The lowest BCUT2D eigenvalue weighted by molar-refractivity contribution is 0.101. The van der Waals surface area contributed by atoms with Gasteiger partial charge in [0.15, 0.2) is 5.78 Å². The topological polar surface area (TPSA) is 63.2 Å². The number of hydrogen-bond acceptors (Lipinski definition) is 3. The first-order valence-corrected chi connectivity index (χ1v) is 8.47. The monoisotopic (exact) mass is 367 g/mol. The molecule has 0 aromatic heterocycles. The lowest BCUT2D eigenvalue weighted by Gasteiger charge is -2.12. The molecule has 1 N–H and O–H groups in total. The largest absolute Gasteiger partial charge is 0.294 e. The van der Waals surface area contributed by atoms with Crippen molar-refractivity contribution in [1.82, 2.24) is 0 Å². The van der Waals surface area contributed by atoms with Crippen molar-refractivity contribution in [1.29, 1.82) is 0 Å². The second-order valence-electron chi connectivity index (χ2n) is 4.66. The summed E-state index contributed by atoms with van der Waals surface area (Å²) in [6, 6.07) is 11.4. The Morgan fingerprint density at radius 3 is 2.29 bits per heavy atom. The van der Waals surface area contributed by atoms with Crippen molar-refractivity contribution in [2.24, 2.45) is 0 Å². The van der Waals surface area contributed by atoms with Crippen LogP contribution in [0.5, 0.6) is 0 Å². The van der Waals surface area contributed by atoms with Crippen LogP contribution in [-0.2, 0) is 10.0 Å². The molecule has 6 heteroatoms. The fourth-order valence-corrected chi connectivity index (χ4v) is 3.26. The molecule has 0 unspecified atom stereocenters. The molecule has 4 nitrogen and oxygen atoms in total. The normalized spacial score (nSPS) is 11.2. The van der Waals surface area contributed by atoms with Crippen LogP contribution in [0.1, 0.15) is 22.8 Å². The molecule has 0 amide bonds. The van der Waals surface area contributed by atoms with Crippen LogP contribution in [0.3, 0.4) is 0 Å². The second kappa shape index (κ2) is 5.99. The summed E-state index contributed by atoms with van der Waals surface area (Å²) in [6.07, 6.45) is 0. The first kappa shape index (κ1) is 15.7. The van der Waals surface area contributed by atoms with Gasteiger partial charge in [-0.15, -0.1) is 0 Å². The van der Waals surface area contributed by atoms with E-state index < -0.39 is 10.0 Å². The molecular weight excluding hydrogens is 354 g/mol. The molecule has 0 radical (unpaired) electrons. The van der Waals surface area contributed by atoms with Gasteiger partial charge < -0.3 is 0 Å². The molecule has 2 aromatic carbocycles. The maximum Gasteiger partial charge on any atom is 0.261 e. The number of aryl methyl sites for hydroxylation is 1. The standard InChI is InChI=1S/C15H14BrNO3S/c1-10-3-6-13(7-4-10)21(19,20)17-15-9-12(16)5-8-14(15)11(2)18/h3-9,17H,1-2H3. The highest BCUT2D eigenvalue weighted by molar-refractivity contribution is 9.10. The highest BCUT2D eigenvalue weighted by atomic mass is 79.9. The molecule has 2 aromatic rings. The predicted molar refractivity (Wildman–Crippen MR) is 86.1 cm³/mol. The Morgan fingerprint density at radius 1 is 1.10 bits per heavy atom. The van der Waals surface area contributed by atoms with Crippen LogP contribution >= 0.6 is 15.9 Å². The number of anilines is 1. The summed E-state index contributed by atoms with van der Waals surface area (Å²) in [5.74, 6) is -0.205. The van der Waals surface area contributed by atoms with Crippen LogP contribution in [0.25, 0.3) is 0 Å². The zero-order valence-electron chi connectivity index (χ0n) is 11.6. The summed E-state index contributed by atoms with van der Waals surface area (Å²) < 4.78 is 27.9. The van der Waals surface area contributed by atoms with Gasteiger partial charge in [-0.25, -0.2) is 8.42 Å². The van der Waals surface area contributed by atoms with Crippen molar-refractivity contribution >= 4 is 37.4 Å². The van der Waals surface area contributed by atoms with Crippen LogP contribution in [0, 0.1) is 6.92 Å². The third-order valence-electron chi connectivity index (χ3n) is 2.94. The fourth-order valence-electron chi connectivity index (χ4n) is 1.83. The van der Waals surface area contributed by atoms with E-state index in [2.05, 4.69) is 20.7 Å². The lowest BCUT2D eigenvalue weighted by Crippen LogP contribution is -2.15. The summed E-state index contributed by atoms with van der Waals surface area (Å²) in [7, 11) is -3.73. The molecule has 0 aliphatic rings. The second-order valence-corrected chi connectivity index (χ2v) is 7.26. The Bertz CT molecular complexity index is 783. The van der Waals surface area contributed by atoms with Crippen LogP contribution in [-0.4, -0.2) is 14.2 Å². The molecule has 0 aliphatic carbocycles. The molecule has 110 valence electrons. The van der Waals surface area contributed by atoms with Crippen molar-refractivity contribution in [2.75, 3.05) is 4.72 Å². The van der Waals surface area contributed by atoms with E-state index in [1.807, 2.05) is 6.92 Å². The summed E-state index contributed by atoms with van der Waals surface area (Å²) in [5.41, 5.74) is 1.56. The predicted octanol–water partition coefficient (Wildman–Crippen LogP) is 3.76. The number of nitrogens with one attached hydrogen (secondary N) is 1. The molecule has 0 saturated heterocycles. The van der Waals surface area contributed by atoms with E-state index in [-0.39, 0.29) is 16.4 Å². The van der Waals surface area contributed by atoms with Gasteiger partial charge in [-0.1, -0.05) is 33.6 Å². The SMILES string of the molecule is CC(=O)c1ccc(Br)cc1NS(=O)(=O)c1ccc(C)cc1. The van der Waals surface area contributed by atoms with Gasteiger partial charge in [-0.2, -0.15) is 0 Å². The van der Waals surface area contributed by atoms with E-state index in [1.54, 1.807) is 30.3 Å². The minimum Gasteiger partial charge on any atom is -0.294 e. The zero-order valence-corrected chi connectivity index (χ0v) is 14.0. The molecule has 2 rings (SSSR count). The Labute approximate surface area is 132 Å². The Morgan fingerprint density at radius 2 is 1.71 bits per heavy atom. The maximum absolute atomic E-state index is 12.4. The molecule has 0 atom stereocenters. The van der Waals surface area contributed by atoms with Crippen molar-refractivity contribution in [3.8, 4) is 0 Å². The van der Waals surface area contributed by atoms with E-state index in [1.165, 1.54) is 19.1 Å². The average molecular weight is 368 g/mol. The molecule has 0 aliphatic heterocycles. The summed E-state index contributed by atoms with van der Waals surface area (Å²) in [6.45, 7) is 3.28. The zero-order chi connectivity index (χ0) is 15.6. The number of carbonyl (C=O) groups is 1. The van der Waals surface area contributed by atoms with Crippen LogP contribution in [0.2, 0.25) is 0 Å². The summed E-state index contributed by atoms with van der Waals surface area (Å²) >= 11 is 3.27. The van der Waals surface area contributed by atoms with Crippen LogP contribution < -0.4 is 4.72 Å². The lowest BCUT2D eigenvalue weighted by atomic mass is 10.1. The molecule has 0 bridgehead atoms. The number of carbonyl (C=O) groups excluding carboxylic acids is 1. The van der Waals surface area contributed by atoms with Gasteiger partial charge in [0.25, 0.3) is 10.0 Å². The van der Waals surface area contributed by atoms with E-state index in [0.29, 0.717) is 10.0 Å². The Balaban J connectivity index is 2.43. The van der Waals surface area contributed by atoms with Gasteiger partial charge in [0, 0.05) is 10.0 Å². The van der Waals surface area contributed by atoms with Crippen LogP contribution in [0.15, 0.2) is 51.8 Å². The maximum atomic E-state index is 12.4. The van der Waals surface area contributed by atoms with Gasteiger partial charge >= 0.3 is 0 Å². The van der Waals surface area contributed by atoms with Crippen molar-refractivity contribution in [3.05, 3.63) is 58.1 Å². The Hall–Kier alpha value is -1.66. The molecule has 0 heterocycles. The minimum atomic E-state index is -3.73. The van der Waals surface area contributed by atoms with Crippen LogP contribution in [0.4, 0.5) is 5.69 Å². The smallest absolute Gasteiger partial charge is 0.261 e. The number of rotatable bonds is 4. The third-order valence-corrected chi connectivity index (χ3v) is 4.81. The first-order chi connectivity index (χ1) is 9.79. The van der Waals surface area contributed by atoms with E-state index in [0.717, 1.165) is 5.56 Å². The number of ketones is 1. The highest BCUT2D eigenvalue weighted by Gasteiger charge is 2.17. The van der Waals surface area contributed by atoms with Crippen molar-refractivity contribution in [3.63, 3.8) is 0 Å². The first-order valence-electron chi connectivity index (χ1n) is 6.19. The molecular formula is C15H14BrNO3S. The van der Waals surface area contributed by atoms with Crippen molar-refractivity contribution in [2.45, 2.75) is 18.7 Å². The molecule has 0 saturated carbocycles. The number of sulfonamides is 1. The number of Topliss-reactive ketones (excluding diaryl/α,β-unsaturated/α-hetero) is 1. The molecule has 0 fully saturated rings. The molecule has 0 spiro atoms. The van der Waals surface area contributed by atoms with Gasteiger partial charge in [0.1, 0.15) is 0 Å². The average Bonchev–Trinajstić information content (AvgIpc) is 2.38. The quantitative estimate of drug-likeness (QED) is 0.836. The van der Waals surface area contributed by atoms with Gasteiger partial charge in [-0.05, 0) is 44.2 Å². The highest BCUT2D eigenvalue weighted by Crippen LogP contribution is 2.25. The third kappa shape index (κ3) is 3.71. The van der Waals surface area contributed by atoms with Crippen molar-refractivity contribution < 1.29 is 13.2 Å². The van der Waals surface area contributed by atoms with Gasteiger partial charge in [0.2, 0.25) is 0 Å². The molecule has 21 heavy (non-hydrogen) atoms. The van der Waals surface area contributed by atoms with E-state index >= 15 is 0 Å². The minimum absolute atomic E-state index is 0.155. The van der Waals surface area contributed by atoms with Gasteiger partial charge in [0.05, 0.1) is 10.6 Å². The fraction of sp³-hybridized carbons (Fsp3) is 0.133.